The largest absolute Gasteiger partial charge is 0.394 e. The van der Waals surface area contributed by atoms with Gasteiger partial charge in [-0.1, -0.05) is 23.2 Å². The van der Waals surface area contributed by atoms with Gasteiger partial charge in [0.25, 0.3) is 0 Å². The maximum absolute atomic E-state index is 8.90. The Bertz CT molecular complexity index is 55.9. The van der Waals surface area contributed by atoms with Crippen LogP contribution < -0.4 is 5.09 Å². The second kappa shape index (κ2) is 4.21. The van der Waals surface area contributed by atoms with Crippen molar-refractivity contribution in [3.05, 3.63) is 0 Å². The highest BCUT2D eigenvalue weighted by Crippen LogP contribution is 2.14. The first-order chi connectivity index (χ1) is 4.24. The van der Waals surface area contributed by atoms with Crippen molar-refractivity contribution < 1.29 is 5.11 Å². The molecule has 2 nitrogen and oxygen atoms in total. The van der Waals surface area contributed by atoms with Crippen molar-refractivity contribution in [1.82, 2.24) is 5.09 Å². The van der Waals surface area contributed by atoms with Gasteiger partial charge in [0.15, 0.2) is 0 Å². The van der Waals surface area contributed by atoms with Gasteiger partial charge in [-0.3, -0.25) is 5.09 Å². The van der Waals surface area contributed by atoms with Crippen LogP contribution in [0.1, 0.15) is 26.7 Å². The summed E-state index contributed by atoms with van der Waals surface area (Å²) < 4.78 is 0. The molecule has 0 fully saturated rings. The summed E-state index contributed by atoms with van der Waals surface area (Å²) in [6.07, 6.45) is 1.92. The summed E-state index contributed by atoms with van der Waals surface area (Å²) in [6.45, 7) is 4.34. The second-order valence-corrected chi connectivity index (χ2v) is 2.58. The lowest BCUT2D eigenvalue weighted by Gasteiger charge is -2.28. The van der Waals surface area contributed by atoms with Crippen molar-refractivity contribution in [2.45, 2.75) is 32.2 Å². The van der Waals surface area contributed by atoms with E-state index in [2.05, 4.69) is 28.3 Å². The van der Waals surface area contributed by atoms with E-state index in [1.807, 2.05) is 0 Å². The molecule has 1 unspecified atom stereocenters. The predicted molar refractivity (Wildman–Crippen MR) is 43.2 cm³/mol. The van der Waals surface area contributed by atoms with Gasteiger partial charge in [-0.2, -0.15) is 0 Å². The maximum Gasteiger partial charge on any atom is 0.0615 e. The lowest BCUT2D eigenvalue weighted by Crippen LogP contribution is -2.41. The van der Waals surface area contributed by atoms with Crippen LogP contribution in [-0.4, -0.2) is 17.3 Å². The van der Waals surface area contributed by atoms with E-state index in [4.69, 9.17) is 5.11 Å². The molecule has 0 spiro atoms. The van der Waals surface area contributed by atoms with E-state index in [-0.39, 0.29) is 12.1 Å². The van der Waals surface area contributed by atoms with Crippen LogP contribution in [0.5, 0.6) is 0 Å². The summed E-state index contributed by atoms with van der Waals surface area (Å²) in [5.74, 6) is 0. The molecule has 0 heterocycles. The SMILES string of the molecule is CCC(CC)(CO)NP. The van der Waals surface area contributed by atoms with Gasteiger partial charge < -0.3 is 5.11 Å². The molecule has 0 aliphatic rings. The molecule has 0 saturated heterocycles. The van der Waals surface area contributed by atoms with Crippen molar-refractivity contribution in [2.75, 3.05) is 6.61 Å². The average Bonchev–Trinajstić information content (AvgIpc) is 1.95. The number of rotatable bonds is 4. The van der Waals surface area contributed by atoms with Crippen LogP contribution >= 0.6 is 9.39 Å². The maximum atomic E-state index is 8.90. The third kappa shape index (κ3) is 2.21. The normalized spacial score (nSPS) is 12.0. The summed E-state index contributed by atoms with van der Waals surface area (Å²) in [6, 6.07) is 0. The minimum Gasteiger partial charge on any atom is -0.394 e. The van der Waals surface area contributed by atoms with Gasteiger partial charge in [0, 0.05) is 5.54 Å². The van der Waals surface area contributed by atoms with Gasteiger partial charge in [-0.25, -0.2) is 0 Å². The van der Waals surface area contributed by atoms with E-state index in [0.717, 1.165) is 12.8 Å². The first kappa shape index (κ1) is 9.35. The van der Waals surface area contributed by atoms with Crippen molar-refractivity contribution in [3.8, 4) is 0 Å². The highest BCUT2D eigenvalue weighted by atomic mass is 31.0. The van der Waals surface area contributed by atoms with Crippen molar-refractivity contribution >= 4 is 9.39 Å². The van der Waals surface area contributed by atoms with Crippen molar-refractivity contribution in [2.24, 2.45) is 0 Å². The topological polar surface area (TPSA) is 32.3 Å². The number of aliphatic hydroxyl groups is 1. The van der Waals surface area contributed by atoms with Gasteiger partial charge >= 0.3 is 0 Å². The predicted octanol–water partition coefficient (Wildman–Crippen LogP) is 0.917. The summed E-state index contributed by atoms with van der Waals surface area (Å²) in [4.78, 5) is 0. The number of hydrogen-bond donors (Lipinski definition) is 2. The lowest BCUT2D eigenvalue weighted by atomic mass is 9.96. The summed E-state index contributed by atoms with van der Waals surface area (Å²) in [5.41, 5.74) is -0.0648. The lowest BCUT2D eigenvalue weighted by molar-refractivity contribution is 0.175. The third-order valence-corrected chi connectivity index (χ3v) is 2.57. The zero-order chi connectivity index (χ0) is 7.33. The molecule has 1 atom stereocenters. The van der Waals surface area contributed by atoms with Crippen molar-refractivity contribution in [1.29, 1.82) is 0 Å². The van der Waals surface area contributed by atoms with E-state index < -0.39 is 0 Å². The smallest absolute Gasteiger partial charge is 0.0615 e. The van der Waals surface area contributed by atoms with Gasteiger partial charge in [-0.05, 0) is 12.8 Å². The average molecular weight is 149 g/mol. The van der Waals surface area contributed by atoms with Crippen LogP contribution in [-0.2, 0) is 0 Å². The third-order valence-electron chi connectivity index (χ3n) is 1.96. The quantitative estimate of drug-likeness (QED) is 0.582. The number of nitrogens with one attached hydrogen (secondary N) is 1. The first-order valence-corrected chi connectivity index (χ1v) is 3.91. The van der Waals surface area contributed by atoms with Gasteiger partial charge in [0.05, 0.1) is 6.61 Å². The molecule has 0 saturated carbocycles. The fourth-order valence-electron chi connectivity index (χ4n) is 0.723. The van der Waals surface area contributed by atoms with Crippen LogP contribution in [0.4, 0.5) is 0 Å². The zero-order valence-electron chi connectivity index (χ0n) is 6.15. The van der Waals surface area contributed by atoms with Gasteiger partial charge in [-0.15, -0.1) is 0 Å². The zero-order valence-corrected chi connectivity index (χ0v) is 7.30. The first-order valence-electron chi connectivity index (χ1n) is 3.33. The molecule has 0 bridgehead atoms. The van der Waals surface area contributed by atoms with Crippen LogP contribution in [0.3, 0.4) is 0 Å². The molecule has 0 amide bonds. The standard InChI is InChI=1S/C6H16NOP/c1-3-6(4-2,5-8)7-9/h7-8H,3-5,9H2,1-2H3. The summed E-state index contributed by atoms with van der Waals surface area (Å²) >= 11 is 0. The Kier molecular flexibility index (Phi) is 4.37. The Morgan fingerprint density at radius 2 is 1.89 bits per heavy atom. The highest BCUT2D eigenvalue weighted by molar-refractivity contribution is 7.13. The van der Waals surface area contributed by atoms with E-state index in [1.165, 1.54) is 0 Å². The molecule has 0 radical (unpaired) electrons. The highest BCUT2D eigenvalue weighted by Gasteiger charge is 2.21. The minimum atomic E-state index is -0.0648. The molecular formula is C6H16NOP. The molecule has 56 valence electrons. The van der Waals surface area contributed by atoms with E-state index in [1.54, 1.807) is 0 Å². The molecule has 0 aliphatic heterocycles. The number of aliphatic hydroxyl groups excluding tert-OH is 1. The van der Waals surface area contributed by atoms with Gasteiger partial charge in [0.1, 0.15) is 0 Å². The molecule has 9 heavy (non-hydrogen) atoms. The van der Waals surface area contributed by atoms with E-state index in [9.17, 15) is 0 Å². The molecule has 0 aromatic rings. The molecule has 0 aromatic heterocycles. The van der Waals surface area contributed by atoms with E-state index >= 15 is 0 Å². The van der Waals surface area contributed by atoms with Crippen molar-refractivity contribution in [3.63, 3.8) is 0 Å². The fraction of sp³-hybridized carbons (Fsp3) is 1.00. The number of hydrogen-bond acceptors (Lipinski definition) is 2. The Labute approximate surface area is 59.3 Å². The van der Waals surface area contributed by atoms with Crippen LogP contribution in [0.2, 0.25) is 0 Å². The Hall–Kier alpha value is 0.350. The van der Waals surface area contributed by atoms with Crippen LogP contribution in [0.25, 0.3) is 0 Å². The Morgan fingerprint density at radius 3 is 1.89 bits per heavy atom. The fourth-order valence-corrected chi connectivity index (χ4v) is 1.22. The second-order valence-electron chi connectivity index (χ2n) is 2.29. The summed E-state index contributed by atoms with van der Waals surface area (Å²) in [5, 5.41) is 11.9. The Balaban J connectivity index is 3.82. The molecule has 0 rings (SSSR count). The monoisotopic (exact) mass is 149 g/mol. The van der Waals surface area contributed by atoms with Gasteiger partial charge in [0.2, 0.25) is 0 Å². The molecule has 2 N–H and O–H groups in total. The summed E-state index contributed by atoms with van der Waals surface area (Å²) in [7, 11) is 2.45. The molecule has 3 heteroatoms. The molecule has 0 aromatic carbocycles. The van der Waals surface area contributed by atoms with Crippen LogP contribution in [0.15, 0.2) is 0 Å². The Morgan fingerprint density at radius 1 is 1.44 bits per heavy atom. The molecule has 0 aliphatic carbocycles. The minimum absolute atomic E-state index is 0.0648. The van der Waals surface area contributed by atoms with E-state index in [0.29, 0.717) is 0 Å². The van der Waals surface area contributed by atoms with Crippen LogP contribution in [0, 0.1) is 0 Å². The molecular weight excluding hydrogens is 133 g/mol.